The van der Waals surface area contributed by atoms with Crippen molar-refractivity contribution in [2.75, 3.05) is 12.4 Å². The first-order valence-corrected chi connectivity index (χ1v) is 6.82. The predicted molar refractivity (Wildman–Crippen MR) is 83.8 cm³/mol. The number of ether oxygens (including phenoxy) is 1. The fourth-order valence-electron chi connectivity index (χ4n) is 2.23. The molecule has 2 N–H and O–H groups in total. The highest BCUT2D eigenvalue weighted by molar-refractivity contribution is 6.30. The van der Waals surface area contributed by atoms with Crippen molar-refractivity contribution in [2.24, 2.45) is 0 Å². The SMILES string of the molecule is COc1c(C(=O)Nc2ccc(Cl)cc2)c(O)cc2occc12. The molecule has 0 aliphatic carbocycles. The smallest absolute Gasteiger partial charge is 0.263 e. The van der Waals surface area contributed by atoms with Crippen molar-refractivity contribution >= 4 is 34.2 Å². The van der Waals surface area contributed by atoms with Gasteiger partial charge in [0, 0.05) is 16.8 Å². The summed E-state index contributed by atoms with van der Waals surface area (Å²) < 4.78 is 10.5. The van der Waals surface area contributed by atoms with Gasteiger partial charge in [-0.1, -0.05) is 11.6 Å². The van der Waals surface area contributed by atoms with Crippen LogP contribution in [0.25, 0.3) is 11.0 Å². The van der Waals surface area contributed by atoms with Crippen LogP contribution >= 0.6 is 11.6 Å². The number of nitrogens with one attached hydrogen (secondary N) is 1. The van der Waals surface area contributed by atoms with E-state index in [0.29, 0.717) is 21.7 Å². The summed E-state index contributed by atoms with van der Waals surface area (Å²) >= 11 is 5.81. The average Bonchev–Trinajstić information content (AvgIpc) is 2.95. The standard InChI is InChI=1S/C16H12ClNO4/c1-21-15-11-6-7-22-13(11)8-12(19)14(15)16(20)18-10-4-2-9(17)3-5-10/h2-8,19H,1H3,(H,18,20). The van der Waals surface area contributed by atoms with Crippen LogP contribution < -0.4 is 10.1 Å². The number of phenolic OH excluding ortho intramolecular Hbond substituents is 1. The topological polar surface area (TPSA) is 71.7 Å². The molecule has 112 valence electrons. The second-order valence-electron chi connectivity index (χ2n) is 4.60. The van der Waals surface area contributed by atoms with Crippen molar-refractivity contribution < 1.29 is 19.1 Å². The van der Waals surface area contributed by atoms with Crippen LogP contribution in [-0.4, -0.2) is 18.1 Å². The summed E-state index contributed by atoms with van der Waals surface area (Å²) in [5.74, 6) is -0.444. The molecule has 1 heterocycles. The number of benzene rings is 2. The molecular weight excluding hydrogens is 306 g/mol. The number of carbonyl (C=O) groups is 1. The third-order valence-electron chi connectivity index (χ3n) is 3.22. The van der Waals surface area contributed by atoms with Gasteiger partial charge in [0.25, 0.3) is 5.91 Å². The minimum absolute atomic E-state index is 0.0475. The first kappa shape index (κ1) is 14.3. The Morgan fingerprint density at radius 3 is 2.68 bits per heavy atom. The Morgan fingerprint density at radius 2 is 2.00 bits per heavy atom. The lowest BCUT2D eigenvalue weighted by atomic mass is 10.1. The summed E-state index contributed by atoms with van der Waals surface area (Å²) in [5.41, 5.74) is 1.05. The zero-order valence-electron chi connectivity index (χ0n) is 11.6. The molecule has 0 aliphatic rings. The predicted octanol–water partition coefficient (Wildman–Crippen LogP) is 4.05. The third-order valence-corrected chi connectivity index (χ3v) is 3.48. The van der Waals surface area contributed by atoms with Gasteiger partial charge >= 0.3 is 0 Å². The first-order valence-electron chi connectivity index (χ1n) is 6.44. The molecule has 2 aromatic carbocycles. The lowest BCUT2D eigenvalue weighted by Crippen LogP contribution is -2.13. The van der Waals surface area contributed by atoms with Crippen LogP contribution in [0.5, 0.6) is 11.5 Å². The van der Waals surface area contributed by atoms with Gasteiger partial charge in [-0.3, -0.25) is 4.79 Å². The van der Waals surface area contributed by atoms with Crippen LogP contribution in [0, 0.1) is 0 Å². The quantitative estimate of drug-likeness (QED) is 0.764. The van der Waals surface area contributed by atoms with Gasteiger partial charge < -0.3 is 19.6 Å². The van der Waals surface area contributed by atoms with Crippen LogP contribution in [0.15, 0.2) is 47.1 Å². The Hall–Kier alpha value is -2.66. The molecule has 1 aromatic heterocycles. The van der Waals surface area contributed by atoms with E-state index in [1.807, 2.05) is 0 Å². The Bertz CT molecular complexity index is 839. The van der Waals surface area contributed by atoms with E-state index in [0.717, 1.165) is 0 Å². The van der Waals surface area contributed by atoms with Gasteiger partial charge in [0.2, 0.25) is 0 Å². The molecule has 0 aliphatic heterocycles. The number of amides is 1. The van der Waals surface area contributed by atoms with E-state index in [9.17, 15) is 9.90 Å². The lowest BCUT2D eigenvalue weighted by Gasteiger charge is -2.12. The van der Waals surface area contributed by atoms with Crippen molar-refractivity contribution in [1.29, 1.82) is 0 Å². The number of anilines is 1. The molecule has 0 unspecified atom stereocenters. The summed E-state index contributed by atoms with van der Waals surface area (Å²) in [7, 11) is 1.43. The van der Waals surface area contributed by atoms with Crippen LogP contribution in [0.3, 0.4) is 0 Å². The fourth-order valence-corrected chi connectivity index (χ4v) is 2.35. The number of aromatic hydroxyl groups is 1. The molecular formula is C16H12ClNO4. The van der Waals surface area contributed by atoms with Crippen molar-refractivity contribution in [1.82, 2.24) is 0 Å². The van der Waals surface area contributed by atoms with Gasteiger partial charge in [0.15, 0.2) is 0 Å². The number of hydrogen-bond donors (Lipinski definition) is 2. The number of rotatable bonds is 3. The maximum atomic E-state index is 12.5. The van der Waals surface area contributed by atoms with E-state index in [1.165, 1.54) is 19.4 Å². The minimum Gasteiger partial charge on any atom is -0.507 e. The molecule has 0 spiro atoms. The highest BCUT2D eigenvalue weighted by Crippen LogP contribution is 2.37. The number of phenols is 1. The highest BCUT2D eigenvalue weighted by Gasteiger charge is 2.22. The molecule has 0 fully saturated rings. The van der Waals surface area contributed by atoms with Crippen LogP contribution in [0.4, 0.5) is 5.69 Å². The summed E-state index contributed by atoms with van der Waals surface area (Å²) in [4.78, 5) is 12.5. The third kappa shape index (κ3) is 2.46. The molecule has 6 heteroatoms. The highest BCUT2D eigenvalue weighted by atomic mass is 35.5. The summed E-state index contributed by atoms with van der Waals surface area (Å²) in [6.07, 6.45) is 1.47. The molecule has 0 saturated heterocycles. The van der Waals surface area contributed by atoms with Gasteiger partial charge in [-0.05, 0) is 30.3 Å². The second-order valence-corrected chi connectivity index (χ2v) is 5.03. The van der Waals surface area contributed by atoms with Crippen molar-refractivity contribution in [3.63, 3.8) is 0 Å². The molecule has 0 saturated carbocycles. The van der Waals surface area contributed by atoms with Crippen LogP contribution in [0.1, 0.15) is 10.4 Å². The van der Waals surface area contributed by atoms with Gasteiger partial charge in [-0.2, -0.15) is 0 Å². The Morgan fingerprint density at radius 1 is 1.27 bits per heavy atom. The summed E-state index contributed by atoms with van der Waals surface area (Å²) in [6, 6.07) is 9.71. The molecule has 0 atom stereocenters. The number of fused-ring (bicyclic) bond motifs is 1. The Kier molecular flexibility index (Phi) is 3.65. The number of carbonyl (C=O) groups excluding carboxylic acids is 1. The number of furan rings is 1. The number of hydrogen-bond acceptors (Lipinski definition) is 4. The van der Waals surface area contributed by atoms with Crippen LogP contribution in [0.2, 0.25) is 5.02 Å². The van der Waals surface area contributed by atoms with Gasteiger partial charge in [-0.15, -0.1) is 0 Å². The van der Waals surface area contributed by atoms with Crippen molar-refractivity contribution in [2.45, 2.75) is 0 Å². The average molecular weight is 318 g/mol. The van der Waals surface area contributed by atoms with Crippen LogP contribution in [-0.2, 0) is 0 Å². The molecule has 3 aromatic rings. The van der Waals surface area contributed by atoms with Crippen molar-refractivity contribution in [3.05, 3.63) is 53.2 Å². The zero-order valence-corrected chi connectivity index (χ0v) is 12.3. The van der Waals surface area contributed by atoms with Gasteiger partial charge in [0.1, 0.15) is 22.6 Å². The van der Waals surface area contributed by atoms with E-state index >= 15 is 0 Å². The largest absolute Gasteiger partial charge is 0.507 e. The molecule has 0 radical (unpaired) electrons. The Balaban J connectivity index is 2.02. The second kappa shape index (κ2) is 5.61. The van der Waals surface area contributed by atoms with E-state index in [-0.39, 0.29) is 17.1 Å². The molecule has 3 rings (SSSR count). The molecule has 1 amide bonds. The van der Waals surface area contributed by atoms with Gasteiger partial charge in [0.05, 0.1) is 18.8 Å². The van der Waals surface area contributed by atoms with Gasteiger partial charge in [-0.25, -0.2) is 0 Å². The molecule has 5 nitrogen and oxygen atoms in total. The molecule has 22 heavy (non-hydrogen) atoms. The molecule has 0 bridgehead atoms. The number of methoxy groups -OCH3 is 1. The zero-order chi connectivity index (χ0) is 15.7. The summed E-state index contributed by atoms with van der Waals surface area (Å²) in [5, 5.41) is 14.0. The minimum atomic E-state index is -0.486. The maximum Gasteiger partial charge on any atom is 0.263 e. The van der Waals surface area contributed by atoms with E-state index < -0.39 is 5.91 Å². The first-order chi connectivity index (χ1) is 10.6. The number of halogens is 1. The van der Waals surface area contributed by atoms with E-state index in [4.69, 9.17) is 20.8 Å². The monoisotopic (exact) mass is 317 g/mol. The summed E-state index contributed by atoms with van der Waals surface area (Å²) in [6.45, 7) is 0. The van der Waals surface area contributed by atoms with E-state index in [1.54, 1.807) is 30.3 Å². The fraction of sp³-hybridized carbons (Fsp3) is 0.0625. The maximum absolute atomic E-state index is 12.5. The van der Waals surface area contributed by atoms with E-state index in [2.05, 4.69) is 5.32 Å². The van der Waals surface area contributed by atoms with Crippen molar-refractivity contribution in [3.8, 4) is 11.5 Å². The normalized spacial score (nSPS) is 10.6. The Labute approximate surface area is 131 Å². The lowest BCUT2D eigenvalue weighted by molar-refractivity contribution is 0.102.